The summed E-state index contributed by atoms with van der Waals surface area (Å²) in [6.45, 7) is 0. The first-order valence-electron chi connectivity index (χ1n) is 0. The van der Waals surface area contributed by atoms with E-state index in [2.05, 4.69) is 0 Å². The molecular weight excluding hydrogens is 333 g/mol. The Bertz CT molecular complexity index is 3.25. The summed E-state index contributed by atoms with van der Waals surface area (Å²) in [7, 11) is 0. The third kappa shape index (κ3) is 8.89. The van der Waals surface area contributed by atoms with E-state index < -0.39 is 0 Å². The molecule has 0 fully saturated rings. The van der Waals surface area contributed by atoms with Crippen LogP contribution >= 0.6 is 0 Å². The van der Waals surface area contributed by atoms with Gasteiger partial charge in [-0.15, -0.1) is 0 Å². The smallest absolute Gasteiger partial charge is 1.00 e. The minimum atomic E-state index is 0. The Morgan fingerprint density at radius 2 is 0.500 bits per heavy atom. The molecule has 0 atom stereocenters. The van der Waals surface area contributed by atoms with E-state index in [9.17, 15) is 0 Å². The molecule has 0 aliphatic heterocycles. The zero-order valence-electron chi connectivity index (χ0n) is 1.58. The van der Waals surface area contributed by atoms with Crippen LogP contribution in [0.2, 0.25) is 0 Å². The molecular formula is Br3Nb-. The van der Waals surface area contributed by atoms with Gasteiger partial charge in [0, 0.05) is 0 Å². The van der Waals surface area contributed by atoms with E-state index in [0.717, 1.165) is 0 Å². The van der Waals surface area contributed by atoms with Crippen LogP contribution in [0.5, 0.6) is 0 Å². The Hall–Kier alpha value is 2.18. The molecule has 0 heterocycles. The maximum atomic E-state index is 0. The number of hydrogen-bond acceptors (Lipinski definition) is 0. The van der Waals surface area contributed by atoms with Crippen molar-refractivity contribution < 1.29 is 73.3 Å². The van der Waals surface area contributed by atoms with Gasteiger partial charge in [0.2, 0.25) is 0 Å². The average molecular weight is 333 g/mol. The summed E-state index contributed by atoms with van der Waals surface area (Å²) in [6, 6.07) is 0. The topological polar surface area (TPSA) is 0 Å². The quantitative estimate of drug-likeness (QED) is 0.387. The van der Waals surface area contributed by atoms with E-state index >= 15 is 0 Å². The minimum absolute atomic E-state index is 0. The van der Waals surface area contributed by atoms with Crippen molar-refractivity contribution in [3.8, 4) is 0 Å². The first-order chi connectivity index (χ1) is 0. The third-order valence-electron chi connectivity index (χ3n) is 0. The Kier molecular flexibility index (Phi) is 166. The molecule has 0 N–H and O–H groups in total. The normalized spacial score (nSPS) is 0. The van der Waals surface area contributed by atoms with Gasteiger partial charge in [0.1, 0.15) is 0 Å². The second-order valence-electron chi connectivity index (χ2n) is 0. The first kappa shape index (κ1) is 34.9. The maximum absolute atomic E-state index is 0. The SMILES string of the molecule is [Br-].[Br-].[Br-].[Nb+2]. The van der Waals surface area contributed by atoms with Gasteiger partial charge in [0.15, 0.2) is 0 Å². The van der Waals surface area contributed by atoms with Crippen LogP contribution in [-0.2, 0) is 22.4 Å². The third-order valence-corrected chi connectivity index (χ3v) is 0. The average Bonchev–Trinajstić information content (AvgIpc) is 0. The summed E-state index contributed by atoms with van der Waals surface area (Å²) >= 11 is 0. The Labute approximate surface area is 72.5 Å². The molecule has 0 unspecified atom stereocenters. The Morgan fingerprint density at radius 1 is 0.500 bits per heavy atom. The summed E-state index contributed by atoms with van der Waals surface area (Å²) in [5.41, 5.74) is 0. The molecule has 27 valence electrons. The second kappa shape index (κ2) is 19.0. The van der Waals surface area contributed by atoms with Gasteiger partial charge in [-0.05, 0) is 0 Å². The van der Waals surface area contributed by atoms with Gasteiger partial charge < -0.3 is 50.9 Å². The zero-order chi connectivity index (χ0) is 0. The fourth-order valence-corrected chi connectivity index (χ4v) is 0. The molecule has 0 aliphatic carbocycles. The van der Waals surface area contributed by atoms with Crippen LogP contribution in [0.25, 0.3) is 0 Å². The molecule has 0 bridgehead atoms. The summed E-state index contributed by atoms with van der Waals surface area (Å²) in [4.78, 5) is 0. The molecule has 4 heteroatoms. The fraction of sp³-hybridized carbons (Fsp3) is 0. The van der Waals surface area contributed by atoms with Crippen LogP contribution in [0.4, 0.5) is 0 Å². The number of halogens is 3. The Balaban J connectivity index is 0. The molecule has 1 radical (unpaired) electrons. The van der Waals surface area contributed by atoms with Crippen molar-refractivity contribution in [3.63, 3.8) is 0 Å². The first-order valence-corrected chi connectivity index (χ1v) is 0. The predicted octanol–water partition coefficient (Wildman–Crippen LogP) is -8.99. The van der Waals surface area contributed by atoms with E-state index in [1.807, 2.05) is 0 Å². The standard InChI is InChI=1S/3BrH.Nb/h3*1H;/q;;;+2/p-3. The van der Waals surface area contributed by atoms with Crippen molar-refractivity contribution in [1.82, 2.24) is 0 Å². The molecule has 0 saturated heterocycles. The summed E-state index contributed by atoms with van der Waals surface area (Å²) in [5.74, 6) is 0. The van der Waals surface area contributed by atoms with Crippen LogP contribution in [-0.4, -0.2) is 0 Å². The summed E-state index contributed by atoms with van der Waals surface area (Å²) in [5, 5.41) is 0. The van der Waals surface area contributed by atoms with Crippen LogP contribution in [0, 0.1) is 0 Å². The van der Waals surface area contributed by atoms with E-state index in [1.54, 1.807) is 0 Å². The van der Waals surface area contributed by atoms with Gasteiger partial charge in [0.25, 0.3) is 0 Å². The monoisotopic (exact) mass is 330 g/mol. The van der Waals surface area contributed by atoms with E-state index in [1.165, 1.54) is 0 Å². The van der Waals surface area contributed by atoms with Gasteiger partial charge >= 0.3 is 22.4 Å². The molecule has 4 heavy (non-hydrogen) atoms. The van der Waals surface area contributed by atoms with Crippen LogP contribution in [0.15, 0.2) is 0 Å². The largest absolute Gasteiger partial charge is 2.00 e. The van der Waals surface area contributed by atoms with Gasteiger partial charge in [-0.1, -0.05) is 0 Å². The van der Waals surface area contributed by atoms with Crippen molar-refractivity contribution in [3.05, 3.63) is 0 Å². The molecule has 0 saturated carbocycles. The minimum Gasteiger partial charge on any atom is -1.00 e. The Morgan fingerprint density at radius 3 is 0.500 bits per heavy atom. The molecule has 0 nitrogen and oxygen atoms in total. The second-order valence-corrected chi connectivity index (χ2v) is 0. The molecule has 0 aromatic heterocycles. The van der Waals surface area contributed by atoms with Gasteiger partial charge in [-0.25, -0.2) is 0 Å². The molecule has 0 aromatic carbocycles. The van der Waals surface area contributed by atoms with Crippen molar-refractivity contribution in [1.29, 1.82) is 0 Å². The number of rotatable bonds is 0. The van der Waals surface area contributed by atoms with Crippen molar-refractivity contribution in [2.45, 2.75) is 0 Å². The van der Waals surface area contributed by atoms with Crippen LogP contribution in [0.1, 0.15) is 0 Å². The van der Waals surface area contributed by atoms with Gasteiger partial charge in [-0.2, -0.15) is 0 Å². The van der Waals surface area contributed by atoms with Crippen molar-refractivity contribution in [2.24, 2.45) is 0 Å². The van der Waals surface area contributed by atoms with E-state index in [0.29, 0.717) is 0 Å². The predicted molar refractivity (Wildman–Crippen MR) is 0 cm³/mol. The zero-order valence-corrected chi connectivity index (χ0v) is 8.54. The molecule has 0 rings (SSSR count). The van der Waals surface area contributed by atoms with Crippen molar-refractivity contribution in [2.75, 3.05) is 0 Å². The van der Waals surface area contributed by atoms with Crippen molar-refractivity contribution >= 4 is 0 Å². The summed E-state index contributed by atoms with van der Waals surface area (Å²) < 4.78 is 0. The van der Waals surface area contributed by atoms with Crippen LogP contribution in [0.3, 0.4) is 0 Å². The van der Waals surface area contributed by atoms with Gasteiger partial charge in [0.05, 0.1) is 0 Å². The van der Waals surface area contributed by atoms with E-state index in [-0.39, 0.29) is 73.3 Å². The number of hydrogen-bond donors (Lipinski definition) is 0. The molecule has 0 aliphatic rings. The van der Waals surface area contributed by atoms with Gasteiger partial charge in [-0.3, -0.25) is 0 Å². The van der Waals surface area contributed by atoms with Crippen LogP contribution < -0.4 is 50.9 Å². The van der Waals surface area contributed by atoms with E-state index in [4.69, 9.17) is 0 Å². The maximum Gasteiger partial charge on any atom is 2.00 e. The molecule has 0 aromatic rings. The molecule has 0 spiro atoms. The summed E-state index contributed by atoms with van der Waals surface area (Å²) in [6.07, 6.45) is 0. The molecule has 0 amide bonds. The fourth-order valence-electron chi connectivity index (χ4n) is 0.